The molecular formula is C37H40Cl2F2N4O4. The van der Waals surface area contributed by atoms with Gasteiger partial charge in [-0.2, -0.15) is 5.26 Å². The summed E-state index contributed by atoms with van der Waals surface area (Å²) in [5.74, 6) is -3.19. The highest BCUT2D eigenvalue weighted by molar-refractivity contribution is 6.31. The molecule has 0 bridgehead atoms. The summed E-state index contributed by atoms with van der Waals surface area (Å²) in [5.41, 5.74) is -0.624. The Labute approximate surface area is 295 Å². The predicted molar refractivity (Wildman–Crippen MR) is 186 cm³/mol. The molecule has 3 aromatic carbocycles. The van der Waals surface area contributed by atoms with E-state index in [0.29, 0.717) is 38.0 Å². The van der Waals surface area contributed by atoms with E-state index in [-0.39, 0.29) is 39.3 Å². The van der Waals surface area contributed by atoms with Crippen LogP contribution in [0.1, 0.15) is 64.0 Å². The second-order valence-electron chi connectivity index (χ2n) is 13.7. The summed E-state index contributed by atoms with van der Waals surface area (Å²) in [4.78, 5) is 28.1. The van der Waals surface area contributed by atoms with Crippen molar-refractivity contribution < 1.29 is 27.8 Å². The highest BCUT2D eigenvalue weighted by Gasteiger charge is 2.61. The van der Waals surface area contributed by atoms with Crippen LogP contribution < -0.4 is 15.5 Å². The number of anilines is 2. The summed E-state index contributed by atoms with van der Waals surface area (Å²) in [6.07, 6.45) is 0.788. The zero-order valence-corrected chi connectivity index (χ0v) is 29.4. The van der Waals surface area contributed by atoms with E-state index in [4.69, 9.17) is 32.7 Å². The highest BCUT2D eigenvalue weighted by atomic mass is 35.5. The number of ether oxygens (including phenoxy) is 2. The molecule has 8 nitrogen and oxygen atoms in total. The summed E-state index contributed by atoms with van der Waals surface area (Å²) >= 11 is 12.4. The number of amides is 1. The van der Waals surface area contributed by atoms with E-state index in [9.17, 15) is 14.9 Å². The lowest BCUT2D eigenvalue weighted by molar-refractivity contribution is -0.118. The third-order valence-electron chi connectivity index (χ3n) is 9.20. The molecule has 0 radical (unpaired) electrons. The Morgan fingerprint density at radius 2 is 1.78 bits per heavy atom. The van der Waals surface area contributed by atoms with Crippen LogP contribution in [0.5, 0.6) is 0 Å². The molecule has 260 valence electrons. The minimum Gasteiger partial charge on any atom is -0.435 e. The van der Waals surface area contributed by atoms with Gasteiger partial charge in [0.15, 0.2) is 0 Å². The fourth-order valence-corrected chi connectivity index (χ4v) is 7.39. The first-order valence-electron chi connectivity index (χ1n) is 16.3. The van der Waals surface area contributed by atoms with Gasteiger partial charge in [-0.15, -0.1) is 0 Å². The molecule has 3 aromatic rings. The van der Waals surface area contributed by atoms with E-state index in [2.05, 4.69) is 21.6 Å². The average molecular weight is 714 g/mol. The molecule has 2 N–H and O–H groups in total. The van der Waals surface area contributed by atoms with Crippen LogP contribution in [0.2, 0.25) is 10.0 Å². The van der Waals surface area contributed by atoms with Gasteiger partial charge >= 0.3 is 6.16 Å². The van der Waals surface area contributed by atoms with Crippen molar-refractivity contribution in [3.63, 3.8) is 0 Å². The van der Waals surface area contributed by atoms with E-state index in [1.54, 1.807) is 25.1 Å². The average Bonchev–Trinajstić information content (AvgIpc) is 3.36. The number of hydrogen-bond donors (Lipinski definition) is 2. The van der Waals surface area contributed by atoms with Gasteiger partial charge in [0.2, 0.25) is 5.91 Å². The number of nitrogens with zero attached hydrogens (tertiary/aromatic N) is 2. The first-order chi connectivity index (χ1) is 23.3. The Morgan fingerprint density at radius 3 is 2.39 bits per heavy atom. The van der Waals surface area contributed by atoms with Gasteiger partial charge in [0, 0.05) is 59.9 Å². The van der Waals surface area contributed by atoms with Crippen LogP contribution >= 0.6 is 23.2 Å². The van der Waals surface area contributed by atoms with Crippen LogP contribution in [0.15, 0.2) is 60.7 Å². The van der Waals surface area contributed by atoms with Crippen molar-refractivity contribution in [1.82, 2.24) is 5.32 Å². The number of piperidine rings is 1. The highest BCUT2D eigenvalue weighted by Crippen LogP contribution is 2.53. The monoisotopic (exact) mass is 712 g/mol. The maximum atomic E-state index is 15.9. The Kier molecular flexibility index (Phi) is 11.1. The SMILES string of the molecule is CCOC(=O)OC1CCN(c2ccc(NC(=O)[C@@H]3N[C@@H](CC(C)(C)C)[C@](C#N)(c4ccc(Cl)cc4F)[C@H]3c3cccc(Cl)c3F)cc2)CC1. The van der Waals surface area contributed by atoms with Crippen molar-refractivity contribution >= 4 is 46.6 Å². The third kappa shape index (κ3) is 7.80. The van der Waals surface area contributed by atoms with Gasteiger partial charge < -0.3 is 25.0 Å². The summed E-state index contributed by atoms with van der Waals surface area (Å²) < 4.78 is 42.0. The van der Waals surface area contributed by atoms with Gasteiger partial charge in [-0.1, -0.05) is 62.2 Å². The zero-order chi connectivity index (χ0) is 35.5. The number of carbonyl (C=O) groups excluding carboxylic acids is 2. The van der Waals surface area contributed by atoms with Crippen molar-refractivity contribution in [3.8, 4) is 6.07 Å². The van der Waals surface area contributed by atoms with Gasteiger partial charge in [0.05, 0.1) is 23.7 Å². The molecule has 4 atom stereocenters. The predicted octanol–water partition coefficient (Wildman–Crippen LogP) is 8.37. The number of benzene rings is 3. The minimum absolute atomic E-state index is 0.0154. The van der Waals surface area contributed by atoms with Crippen LogP contribution in [0.25, 0.3) is 0 Å². The third-order valence-corrected chi connectivity index (χ3v) is 9.73. The molecule has 12 heteroatoms. The van der Waals surface area contributed by atoms with Crippen molar-refractivity contribution in [2.75, 3.05) is 29.9 Å². The largest absolute Gasteiger partial charge is 0.508 e. The van der Waals surface area contributed by atoms with Crippen LogP contribution in [0.3, 0.4) is 0 Å². The number of carbonyl (C=O) groups is 2. The smallest absolute Gasteiger partial charge is 0.435 e. The van der Waals surface area contributed by atoms with Crippen molar-refractivity contribution in [1.29, 1.82) is 5.26 Å². The Balaban J connectivity index is 1.45. The Bertz CT molecular complexity index is 1720. The topological polar surface area (TPSA) is 104 Å². The molecule has 0 aromatic heterocycles. The summed E-state index contributed by atoms with van der Waals surface area (Å²) in [5, 5.41) is 17.3. The van der Waals surface area contributed by atoms with Crippen molar-refractivity contribution in [3.05, 3.63) is 93.5 Å². The summed E-state index contributed by atoms with van der Waals surface area (Å²) in [6.45, 7) is 9.26. The molecule has 2 saturated heterocycles. The van der Waals surface area contributed by atoms with Crippen LogP contribution in [-0.4, -0.2) is 49.9 Å². The quantitative estimate of drug-likeness (QED) is 0.226. The molecule has 2 aliphatic heterocycles. The van der Waals surface area contributed by atoms with Crippen LogP contribution in [-0.2, 0) is 19.7 Å². The number of nitrogens with one attached hydrogen (secondary N) is 2. The van der Waals surface area contributed by atoms with Crippen LogP contribution in [0.4, 0.5) is 25.0 Å². The van der Waals surface area contributed by atoms with E-state index >= 15 is 8.78 Å². The number of hydrogen-bond acceptors (Lipinski definition) is 7. The van der Waals surface area contributed by atoms with Crippen LogP contribution in [0, 0.1) is 28.4 Å². The Morgan fingerprint density at radius 1 is 1.08 bits per heavy atom. The first kappa shape index (κ1) is 36.4. The van der Waals surface area contributed by atoms with Gasteiger partial charge in [-0.05, 0) is 66.8 Å². The van der Waals surface area contributed by atoms with E-state index < -0.39 is 47.1 Å². The fraction of sp³-hybridized carbons (Fsp3) is 0.432. The van der Waals surface area contributed by atoms with Crippen molar-refractivity contribution in [2.24, 2.45) is 5.41 Å². The maximum absolute atomic E-state index is 15.9. The molecule has 49 heavy (non-hydrogen) atoms. The summed E-state index contributed by atoms with van der Waals surface area (Å²) in [6, 6.07) is 16.2. The van der Waals surface area contributed by atoms with E-state index in [0.717, 1.165) is 11.8 Å². The zero-order valence-electron chi connectivity index (χ0n) is 27.9. The lowest BCUT2D eigenvalue weighted by atomic mass is 9.62. The second-order valence-corrected chi connectivity index (χ2v) is 14.6. The molecular weight excluding hydrogens is 673 g/mol. The van der Waals surface area contributed by atoms with Gasteiger partial charge in [-0.25, -0.2) is 13.6 Å². The van der Waals surface area contributed by atoms with Gasteiger partial charge in [-0.3, -0.25) is 4.79 Å². The summed E-state index contributed by atoms with van der Waals surface area (Å²) in [7, 11) is 0. The fourth-order valence-electron chi connectivity index (χ4n) is 7.05. The molecule has 2 aliphatic rings. The normalized spacial score (nSPS) is 22.8. The van der Waals surface area contributed by atoms with Gasteiger partial charge in [0.25, 0.3) is 0 Å². The number of nitriles is 1. The molecule has 1 amide bonds. The molecule has 2 heterocycles. The molecule has 0 unspecified atom stereocenters. The number of rotatable bonds is 8. The maximum Gasteiger partial charge on any atom is 0.508 e. The first-order valence-corrected chi connectivity index (χ1v) is 17.1. The standard InChI is InChI=1S/C37H40Cl2F2N4O4/c1-5-48-35(47)49-25-15-17-45(18-16-25)24-12-10-23(11-13-24)43-34(46)33-31(26-7-6-8-28(39)32(26)41)37(21-42,30(44-33)20-36(2,3)4)27-14-9-22(38)19-29(27)40/h6-14,19,25,30-31,33,44H,5,15-18,20H2,1-4H3,(H,43,46)/t30-,31-,33+,37-/m0/s1. The van der Waals surface area contributed by atoms with E-state index in [1.807, 2.05) is 32.9 Å². The van der Waals surface area contributed by atoms with Crippen molar-refractivity contribution in [2.45, 2.75) is 76.5 Å². The second kappa shape index (κ2) is 14.9. The molecule has 0 aliphatic carbocycles. The Hall–Kier alpha value is -3.91. The molecule has 2 fully saturated rings. The van der Waals surface area contributed by atoms with E-state index in [1.165, 1.54) is 24.3 Å². The lowest BCUT2D eigenvalue weighted by Gasteiger charge is -2.37. The molecule has 0 spiro atoms. The molecule has 5 rings (SSSR count). The number of halogens is 4. The lowest BCUT2D eigenvalue weighted by Crippen LogP contribution is -2.45. The van der Waals surface area contributed by atoms with Gasteiger partial charge in [0.1, 0.15) is 23.2 Å². The molecule has 0 saturated carbocycles. The minimum atomic E-state index is -1.72.